The molecule has 0 fully saturated rings. The lowest BCUT2D eigenvalue weighted by Gasteiger charge is -2.11. The minimum Gasteiger partial charge on any atom is -0.494 e. The summed E-state index contributed by atoms with van der Waals surface area (Å²) in [5.74, 6) is -0.302. The molecule has 0 amide bonds. The third kappa shape index (κ3) is 9.81. The molecular weight excluding hydrogens is 616 g/mol. The van der Waals surface area contributed by atoms with E-state index >= 15 is 0 Å². The van der Waals surface area contributed by atoms with Crippen LogP contribution < -0.4 is 14.2 Å². The third-order valence-electron chi connectivity index (χ3n) is 7.53. The molecule has 1 aliphatic rings. The summed E-state index contributed by atoms with van der Waals surface area (Å²) in [5, 5.41) is 0. The second-order valence-electron chi connectivity index (χ2n) is 11.0. The van der Waals surface area contributed by atoms with Crippen molar-refractivity contribution in [2.45, 2.75) is 45.4 Å². The van der Waals surface area contributed by atoms with Crippen molar-refractivity contribution in [1.29, 1.82) is 0 Å². The fraction of sp³-hybridized carbons (Fsp3) is 0.316. The zero-order valence-corrected chi connectivity index (χ0v) is 27.3. The smallest absolute Gasteiger partial charge is 0.343 e. The normalized spacial score (nSPS) is 12.6. The minimum absolute atomic E-state index is 0.0364. The topological polar surface area (TPSA) is 124 Å². The number of hydrogen-bond acceptors (Lipinski definition) is 10. The Labute approximate surface area is 280 Å². The average Bonchev–Trinajstić information content (AvgIpc) is 3.36. The van der Waals surface area contributed by atoms with Crippen LogP contribution in [0.2, 0.25) is 0 Å². The third-order valence-corrected chi connectivity index (χ3v) is 7.53. The molecule has 4 rings (SSSR count). The monoisotopic (exact) mass is 656 g/mol. The Bertz CT molecular complexity index is 1640. The molecular formula is C38H40O10. The van der Waals surface area contributed by atoms with E-state index in [0.717, 1.165) is 40.5 Å². The number of benzene rings is 3. The van der Waals surface area contributed by atoms with Crippen molar-refractivity contribution in [2.75, 3.05) is 33.0 Å². The van der Waals surface area contributed by atoms with Gasteiger partial charge in [-0.05, 0) is 90.6 Å². The molecule has 0 heterocycles. The van der Waals surface area contributed by atoms with E-state index in [-0.39, 0.29) is 37.7 Å². The van der Waals surface area contributed by atoms with Gasteiger partial charge in [0.05, 0.1) is 45.0 Å². The summed E-state index contributed by atoms with van der Waals surface area (Å²) in [7, 11) is 0. The van der Waals surface area contributed by atoms with Crippen molar-refractivity contribution in [2.24, 2.45) is 0 Å². The lowest BCUT2D eigenvalue weighted by molar-refractivity contribution is -0.146. The van der Waals surface area contributed by atoms with Gasteiger partial charge in [0, 0.05) is 24.0 Å². The zero-order chi connectivity index (χ0) is 34.5. The predicted octanol–water partition coefficient (Wildman–Crippen LogP) is 6.75. The Morgan fingerprint density at radius 2 is 1.33 bits per heavy atom. The van der Waals surface area contributed by atoms with Crippen molar-refractivity contribution >= 4 is 23.9 Å². The average molecular weight is 657 g/mol. The van der Waals surface area contributed by atoms with Crippen LogP contribution >= 0.6 is 0 Å². The van der Waals surface area contributed by atoms with Gasteiger partial charge in [0.15, 0.2) is 0 Å². The second-order valence-corrected chi connectivity index (χ2v) is 11.0. The number of hydrogen-bond donors (Lipinski definition) is 0. The first-order chi connectivity index (χ1) is 23.2. The summed E-state index contributed by atoms with van der Waals surface area (Å²) in [6.07, 6.45) is 2.81. The van der Waals surface area contributed by atoms with Crippen molar-refractivity contribution < 1.29 is 47.6 Å². The summed E-state index contributed by atoms with van der Waals surface area (Å²) in [6, 6.07) is 18.3. The predicted molar refractivity (Wildman–Crippen MR) is 178 cm³/mol. The van der Waals surface area contributed by atoms with Crippen LogP contribution in [0.3, 0.4) is 0 Å². The lowest BCUT2D eigenvalue weighted by Crippen LogP contribution is -2.14. The van der Waals surface area contributed by atoms with Gasteiger partial charge in [0.1, 0.15) is 17.2 Å². The van der Waals surface area contributed by atoms with Gasteiger partial charge in [0.2, 0.25) is 0 Å². The Kier molecular flexibility index (Phi) is 12.9. The summed E-state index contributed by atoms with van der Waals surface area (Å²) in [6.45, 7) is 12.2. The Morgan fingerprint density at radius 1 is 0.729 bits per heavy atom. The van der Waals surface area contributed by atoms with E-state index in [1.165, 1.54) is 0 Å². The molecule has 1 unspecified atom stereocenters. The highest BCUT2D eigenvalue weighted by atomic mass is 16.5. The zero-order valence-electron chi connectivity index (χ0n) is 27.3. The molecule has 252 valence electrons. The number of fused-ring (bicyclic) bond motifs is 3. The van der Waals surface area contributed by atoms with Crippen LogP contribution in [0.5, 0.6) is 17.2 Å². The molecule has 0 spiro atoms. The Balaban J connectivity index is 1.22. The first kappa shape index (κ1) is 35.5. The maximum Gasteiger partial charge on any atom is 0.343 e. The second kappa shape index (κ2) is 17.5. The van der Waals surface area contributed by atoms with Crippen LogP contribution in [-0.4, -0.2) is 56.9 Å². The highest BCUT2D eigenvalue weighted by Gasteiger charge is 2.27. The van der Waals surface area contributed by atoms with Gasteiger partial charge in [-0.15, -0.1) is 0 Å². The molecule has 1 atom stereocenters. The first-order valence-corrected chi connectivity index (χ1v) is 15.9. The molecule has 10 nitrogen and oxygen atoms in total. The maximum absolute atomic E-state index is 13.0. The summed E-state index contributed by atoms with van der Waals surface area (Å²) in [5.41, 5.74) is 4.83. The minimum atomic E-state index is -0.648. The van der Waals surface area contributed by atoms with Gasteiger partial charge in [-0.2, -0.15) is 0 Å². The van der Waals surface area contributed by atoms with Crippen molar-refractivity contribution in [3.8, 4) is 28.4 Å². The van der Waals surface area contributed by atoms with Crippen LogP contribution in [0.15, 0.2) is 85.5 Å². The summed E-state index contributed by atoms with van der Waals surface area (Å²) < 4.78 is 32.1. The highest BCUT2D eigenvalue weighted by molar-refractivity contribution is 5.94. The molecule has 48 heavy (non-hydrogen) atoms. The number of ether oxygens (including phenoxy) is 6. The van der Waals surface area contributed by atoms with Crippen LogP contribution in [0.4, 0.5) is 0 Å². The molecule has 0 saturated carbocycles. The number of esters is 4. The van der Waals surface area contributed by atoms with E-state index in [1.807, 2.05) is 30.3 Å². The fourth-order valence-electron chi connectivity index (χ4n) is 5.06. The Hall–Kier alpha value is -5.38. The molecule has 0 bridgehead atoms. The number of rotatable bonds is 18. The molecule has 3 aromatic carbocycles. The van der Waals surface area contributed by atoms with E-state index in [9.17, 15) is 19.2 Å². The van der Waals surface area contributed by atoms with Gasteiger partial charge in [-0.1, -0.05) is 32.2 Å². The van der Waals surface area contributed by atoms with E-state index in [4.69, 9.17) is 28.4 Å². The first-order valence-electron chi connectivity index (χ1n) is 15.9. The van der Waals surface area contributed by atoms with Crippen molar-refractivity contribution in [1.82, 2.24) is 0 Å². The molecule has 0 radical (unpaired) electrons. The summed E-state index contributed by atoms with van der Waals surface area (Å²) in [4.78, 5) is 47.6. The highest BCUT2D eigenvalue weighted by Crippen LogP contribution is 2.46. The largest absolute Gasteiger partial charge is 0.494 e. The molecule has 1 aliphatic carbocycles. The van der Waals surface area contributed by atoms with E-state index in [1.54, 1.807) is 37.3 Å². The van der Waals surface area contributed by atoms with Crippen LogP contribution in [0, 0.1) is 0 Å². The van der Waals surface area contributed by atoms with Gasteiger partial charge < -0.3 is 28.4 Å². The van der Waals surface area contributed by atoms with Crippen LogP contribution in [0.1, 0.15) is 66.9 Å². The number of carbonyl (C=O) groups excluding carboxylic acids is 4. The maximum atomic E-state index is 13.0. The van der Waals surface area contributed by atoms with Gasteiger partial charge in [-0.25, -0.2) is 14.4 Å². The van der Waals surface area contributed by atoms with Crippen LogP contribution in [-0.2, 0) is 28.6 Å². The van der Waals surface area contributed by atoms with Crippen molar-refractivity contribution in [3.05, 3.63) is 102 Å². The number of carbonyl (C=O) groups is 4. The summed E-state index contributed by atoms with van der Waals surface area (Å²) >= 11 is 0. The molecule has 10 heteroatoms. The van der Waals surface area contributed by atoms with E-state index in [2.05, 4.69) is 20.1 Å². The van der Waals surface area contributed by atoms with Crippen LogP contribution in [0.25, 0.3) is 11.1 Å². The van der Waals surface area contributed by atoms with E-state index in [0.29, 0.717) is 43.1 Å². The molecule has 0 N–H and O–H groups in total. The van der Waals surface area contributed by atoms with Gasteiger partial charge in [-0.3, -0.25) is 4.79 Å². The molecule has 0 aliphatic heterocycles. The molecule has 0 saturated heterocycles. The fourth-order valence-corrected chi connectivity index (χ4v) is 5.06. The van der Waals surface area contributed by atoms with Gasteiger partial charge in [0.25, 0.3) is 0 Å². The molecule has 0 aromatic heterocycles. The van der Waals surface area contributed by atoms with Crippen molar-refractivity contribution in [3.63, 3.8) is 0 Å². The Morgan fingerprint density at radius 3 is 2.06 bits per heavy atom. The van der Waals surface area contributed by atoms with E-state index < -0.39 is 23.9 Å². The SMILES string of the molecule is C=CC(=O)OCCCCOc1ccc2c(c1)C(C)c1cc(C(=O)Oc3ccc(OCCCOC(=O)C(=C)CC(=O)OCC)cc3)ccc1-2. The lowest BCUT2D eigenvalue weighted by atomic mass is 9.98. The molecule has 3 aromatic rings. The van der Waals surface area contributed by atoms with Gasteiger partial charge >= 0.3 is 23.9 Å². The quantitative estimate of drug-likeness (QED) is 0.0478. The number of unbranched alkanes of at least 4 members (excludes halogenated alkanes) is 1. The standard InChI is InChI=1S/C38H40O10/c1-5-35(39)46-19-8-7-18-45-30-15-17-32-31-16-10-27(23-33(31)26(4)34(32)24-30)38(42)48-29-13-11-28(12-14-29)44-20-9-21-47-37(41)25(3)22-36(40)43-6-2/h5,10-17,23-24,26H,1,3,6-9,18-22H2,2,4H3.